The fraction of sp³-hybridized carbons (Fsp3) is 0.273. The van der Waals surface area contributed by atoms with Crippen LogP contribution in [-0.4, -0.2) is 29.2 Å². The van der Waals surface area contributed by atoms with Gasteiger partial charge in [-0.15, -0.1) is 11.3 Å². The molecule has 28 heavy (non-hydrogen) atoms. The second-order valence-corrected chi connectivity index (χ2v) is 8.26. The number of hydrogen-bond acceptors (Lipinski definition) is 5. The Kier molecular flexibility index (Phi) is 4.28. The Labute approximate surface area is 167 Å². The highest BCUT2D eigenvalue weighted by molar-refractivity contribution is 7.12. The van der Waals surface area contributed by atoms with Gasteiger partial charge in [0.2, 0.25) is 0 Å². The number of carbonyl (C=O) groups is 1. The van der Waals surface area contributed by atoms with E-state index >= 15 is 0 Å². The summed E-state index contributed by atoms with van der Waals surface area (Å²) in [7, 11) is 0. The first-order valence-electron chi connectivity index (χ1n) is 9.52. The van der Waals surface area contributed by atoms with Crippen LogP contribution in [0.15, 0.2) is 69.7 Å². The van der Waals surface area contributed by atoms with E-state index in [2.05, 4.69) is 36.1 Å². The number of para-hydroxylation sites is 1. The van der Waals surface area contributed by atoms with Crippen LogP contribution in [0.4, 0.5) is 5.69 Å². The molecule has 1 aromatic carbocycles. The second-order valence-electron chi connectivity index (χ2n) is 7.31. The summed E-state index contributed by atoms with van der Waals surface area (Å²) in [5, 5.41) is 8.38. The molecule has 0 fully saturated rings. The SMILES string of the molecule is C[C@@H]1Cc2ccccc2N1CC(=O)N1N=C(c2cccs2)C[C@H]1c1ccco1. The minimum atomic E-state index is -0.187. The third kappa shape index (κ3) is 2.94. The molecule has 0 N–H and O–H groups in total. The van der Waals surface area contributed by atoms with Gasteiger partial charge in [0.1, 0.15) is 11.8 Å². The second kappa shape index (κ2) is 6.95. The number of furan rings is 1. The average Bonchev–Trinajstić information content (AvgIpc) is 3.48. The van der Waals surface area contributed by atoms with Gasteiger partial charge in [0, 0.05) is 18.2 Å². The number of nitrogens with zero attached hydrogens (tertiary/aromatic N) is 3. The first kappa shape index (κ1) is 17.3. The third-order valence-electron chi connectivity index (χ3n) is 5.50. The van der Waals surface area contributed by atoms with E-state index < -0.39 is 0 Å². The van der Waals surface area contributed by atoms with Gasteiger partial charge in [0.05, 0.1) is 23.4 Å². The number of rotatable bonds is 4. The Morgan fingerprint density at radius 3 is 2.86 bits per heavy atom. The molecule has 0 saturated carbocycles. The van der Waals surface area contributed by atoms with Crippen LogP contribution in [0.1, 0.15) is 35.6 Å². The van der Waals surface area contributed by atoms with E-state index in [9.17, 15) is 4.79 Å². The molecule has 6 heteroatoms. The predicted molar refractivity (Wildman–Crippen MR) is 111 cm³/mol. The number of carbonyl (C=O) groups excluding carboxylic acids is 1. The Morgan fingerprint density at radius 1 is 1.18 bits per heavy atom. The highest BCUT2D eigenvalue weighted by Crippen LogP contribution is 2.36. The summed E-state index contributed by atoms with van der Waals surface area (Å²) in [6.45, 7) is 2.48. The molecule has 5 nitrogen and oxygen atoms in total. The van der Waals surface area contributed by atoms with Crippen LogP contribution in [0.5, 0.6) is 0 Å². The number of hydrogen-bond donors (Lipinski definition) is 0. The molecule has 142 valence electrons. The number of fused-ring (bicyclic) bond motifs is 1. The van der Waals surface area contributed by atoms with Crippen molar-refractivity contribution in [3.8, 4) is 0 Å². The minimum Gasteiger partial charge on any atom is -0.467 e. The van der Waals surface area contributed by atoms with E-state index in [1.807, 2.05) is 29.6 Å². The summed E-state index contributed by atoms with van der Waals surface area (Å²) in [6.07, 6.45) is 3.29. The van der Waals surface area contributed by atoms with E-state index in [0.29, 0.717) is 19.0 Å². The van der Waals surface area contributed by atoms with Crippen molar-refractivity contribution in [3.05, 3.63) is 76.4 Å². The summed E-state index contributed by atoms with van der Waals surface area (Å²) in [6, 6.07) is 16.3. The third-order valence-corrected chi connectivity index (χ3v) is 6.42. The van der Waals surface area contributed by atoms with Crippen molar-refractivity contribution in [2.45, 2.75) is 31.8 Å². The predicted octanol–water partition coefficient (Wildman–Crippen LogP) is 4.47. The zero-order valence-electron chi connectivity index (χ0n) is 15.6. The first-order chi connectivity index (χ1) is 13.7. The van der Waals surface area contributed by atoms with E-state index in [-0.39, 0.29) is 11.9 Å². The fourth-order valence-electron chi connectivity index (χ4n) is 4.12. The van der Waals surface area contributed by atoms with E-state index in [1.165, 1.54) is 5.56 Å². The molecule has 1 amide bonds. The molecule has 0 aliphatic carbocycles. The number of anilines is 1. The lowest BCUT2D eigenvalue weighted by Gasteiger charge is -2.27. The highest BCUT2D eigenvalue weighted by Gasteiger charge is 2.37. The molecule has 2 atom stereocenters. The lowest BCUT2D eigenvalue weighted by atomic mass is 10.1. The molecule has 5 rings (SSSR count). The van der Waals surface area contributed by atoms with E-state index in [0.717, 1.165) is 28.5 Å². The molecule has 0 bridgehead atoms. The van der Waals surface area contributed by atoms with Crippen molar-refractivity contribution in [2.24, 2.45) is 5.10 Å². The summed E-state index contributed by atoms with van der Waals surface area (Å²) in [4.78, 5) is 16.6. The zero-order chi connectivity index (χ0) is 19.1. The normalized spacial score (nSPS) is 21.1. The Hall–Kier alpha value is -2.86. The van der Waals surface area contributed by atoms with Gasteiger partial charge >= 0.3 is 0 Å². The maximum atomic E-state index is 13.3. The van der Waals surface area contributed by atoms with Gasteiger partial charge in [-0.1, -0.05) is 24.3 Å². The fourth-order valence-corrected chi connectivity index (χ4v) is 4.84. The van der Waals surface area contributed by atoms with Gasteiger partial charge in [-0.3, -0.25) is 4.79 Å². The monoisotopic (exact) mass is 391 g/mol. The highest BCUT2D eigenvalue weighted by atomic mass is 32.1. The Bertz CT molecular complexity index is 1010. The summed E-state index contributed by atoms with van der Waals surface area (Å²) in [5.74, 6) is 0.773. The van der Waals surface area contributed by atoms with Crippen molar-refractivity contribution in [3.63, 3.8) is 0 Å². The lowest BCUT2D eigenvalue weighted by Crippen LogP contribution is -2.40. The number of benzene rings is 1. The van der Waals surface area contributed by atoms with Crippen molar-refractivity contribution >= 4 is 28.6 Å². The first-order valence-corrected chi connectivity index (χ1v) is 10.4. The summed E-state index contributed by atoms with van der Waals surface area (Å²) in [5.41, 5.74) is 3.40. The van der Waals surface area contributed by atoms with Gasteiger partial charge in [-0.2, -0.15) is 5.10 Å². The Balaban J connectivity index is 1.43. The van der Waals surface area contributed by atoms with E-state index in [4.69, 9.17) is 9.52 Å². The van der Waals surface area contributed by atoms with Gasteiger partial charge in [-0.05, 0) is 48.6 Å². The van der Waals surface area contributed by atoms with Crippen LogP contribution < -0.4 is 4.90 Å². The largest absolute Gasteiger partial charge is 0.467 e. The molecular formula is C22H21N3O2S. The average molecular weight is 391 g/mol. The van der Waals surface area contributed by atoms with Crippen LogP contribution in [-0.2, 0) is 11.2 Å². The van der Waals surface area contributed by atoms with Gasteiger partial charge in [0.25, 0.3) is 5.91 Å². The molecule has 3 aromatic rings. The number of hydrazone groups is 1. The summed E-state index contributed by atoms with van der Waals surface area (Å²) >= 11 is 1.65. The van der Waals surface area contributed by atoms with Crippen LogP contribution in [0.3, 0.4) is 0 Å². The maximum absolute atomic E-state index is 13.3. The minimum absolute atomic E-state index is 0.00323. The van der Waals surface area contributed by atoms with E-state index in [1.54, 1.807) is 22.6 Å². The van der Waals surface area contributed by atoms with Crippen LogP contribution >= 0.6 is 11.3 Å². The molecule has 0 spiro atoms. The molecule has 4 heterocycles. The Morgan fingerprint density at radius 2 is 2.07 bits per heavy atom. The lowest BCUT2D eigenvalue weighted by molar-refractivity contribution is -0.131. The topological polar surface area (TPSA) is 49.1 Å². The summed E-state index contributed by atoms with van der Waals surface area (Å²) < 4.78 is 5.63. The smallest absolute Gasteiger partial charge is 0.262 e. The van der Waals surface area contributed by atoms with Crippen molar-refractivity contribution in [2.75, 3.05) is 11.4 Å². The maximum Gasteiger partial charge on any atom is 0.262 e. The molecule has 2 aromatic heterocycles. The number of thiophene rings is 1. The standard InChI is InChI=1S/C22H21N3O2S/c1-15-12-16-6-2-3-7-18(16)24(15)14-22(26)25-19(20-8-4-10-27-20)13-17(23-25)21-9-5-11-28-21/h2-11,15,19H,12-14H2,1H3/t15-,19+/m1/s1. The molecule has 0 radical (unpaired) electrons. The van der Waals surface area contributed by atoms with Gasteiger partial charge in [-0.25, -0.2) is 5.01 Å². The quantitative estimate of drug-likeness (QED) is 0.659. The molecule has 2 aliphatic heterocycles. The molecule has 0 saturated heterocycles. The molecular weight excluding hydrogens is 370 g/mol. The number of amides is 1. The van der Waals surface area contributed by atoms with Crippen LogP contribution in [0.2, 0.25) is 0 Å². The molecule has 0 unspecified atom stereocenters. The van der Waals surface area contributed by atoms with Crippen molar-refractivity contribution < 1.29 is 9.21 Å². The zero-order valence-corrected chi connectivity index (χ0v) is 16.4. The molecule has 2 aliphatic rings. The van der Waals surface area contributed by atoms with Crippen LogP contribution in [0, 0.1) is 0 Å². The van der Waals surface area contributed by atoms with Gasteiger partial charge < -0.3 is 9.32 Å². The van der Waals surface area contributed by atoms with Crippen molar-refractivity contribution in [1.82, 2.24) is 5.01 Å². The van der Waals surface area contributed by atoms with Crippen molar-refractivity contribution in [1.29, 1.82) is 0 Å². The van der Waals surface area contributed by atoms with Crippen LogP contribution in [0.25, 0.3) is 0 Å². The van der Waals surface area contributed by atoms with Gasteiger partial charge in [0.15, 0.2) is 0 Å².